The summed E-state index contributed by atoms with van der Waals surface area (Å²) in [5.41, 5.74) is -0.388. The first-order valence-electron chi connectivity index (χ1n) is 5.91. The summed E-state index contributed by atoms with van der Waals surface area (Å²) in [5, 5.41) is 13.4. The van der Waals surface area contributed by atoms with Gasteiger partial charge in [-0.2, -0.15) is 4.39 Å². The van der Waals surface area contributed by atoms with Crippen LogP contribution < -0.4 is 5.32 Å². The number of nitrogens with zero attached hydrogens (tertiary/aromatic N) is 1. The van der Waals surface area contributed by atoms with Gasteiger partial charge in [-0.1, -0.05) is 13.8 Å². The molecule has 0 bridgehead atoms. The van der Waals surface area contributed by atoms with Gasteiger partial charge in [-0.05, 0) is 30.8 Å². The molecule has 0 spiro atoms. The number of nitro groups is 1. The molecule has 0 amide bonds. The lowest BCUT2D eigenvalue weighted by Crippen LogP contribution is -2.09. The van der Waals surface area contributed by atoms with Crippen LogP contribution in [0.2, 0.25) is 0 Å². The van der Waals surface area contributed by atoms with Gasteiger partial charge in [0.1, 0.15) is 0 Å². The number of rotatable bonds is 6. The van der Waals surface area contributed by atoms with E-state index >= 15 is 0 Å². The normalized spacial score (nSPS) is 11.4. The van der Waals surface area contributed by atoms with Crippen molar-refractivity contribution >= 4 is 13.9 Å². The zero-order chi connectivity index (χ0) is 15.5. The van der Waals surface area contributed by atoms with Crippen molar-refractivity contribution in [2.45, 2.75) is 20.5 Å². The van der Waals surface area contributed by atoms with Crippen molar-refractivity contribution < 1.29 is 23.3 Å². The van der Waals surface area contributed by atoms with Gasteiger partial charge in [-0.15, -0.1) is 0 Å². The molecule has 0 saturated heterocycles. The number of hydrogen-bond donors (Lipinski definition) is 2. The average Bonchev–Trinajstić information content (AvgIpc) is 2.37. The second-order valence-electron chi connectivity index (χ2n) is 3.55. The van der Waals surface area contributed by atoms with Gasteiger partial charge in [0.15, 0.2) is 0 Å². The van der Waals surface area contributed by atoms with Crippen LogP contribution in [-0.2, 0) is 15.7 Å². The molecular weight excluding hydrogens is 290 g/mol. The second-order valence-corrected chi connectivity index (χ2v) is 4.38. The van der Waals surface area contributed by atoms with E-state index in [1.165, 1.54) is 6.07 Å². The van der Waals surface area contributed by atoms with Crippen LogP contribution >= 0.6 is 8.25 Å². The molecule has 0 aliphatic carbocycles. The SMILES string of the molecule is CCNCC.O=[N+]([O-])c1ccc(CO[PH](=O)O)cc1F. The van der Waals surface area contributed by atoms with Crippen molar-refractivity contribution in [2.24, 2.45) is 0 Å². The Bertz CT molecular complexity index is 456. The molecule has 1 aromatic rings. The van der Waals surface area contributed by atoms with Gasteiger partial charge in [0.25, 0.3) is 0 Å². The molecule has 114 valence electrons. The van der Waals surface area contributed by atoms with E-state index in [1.807, 2.05) is 0 Å². The quantitative estimate of drug-likeness (QED) is 0.475. The number of hydrogen-bond acceptors (Lipinski definition) is 5. The summed E-state index contributed by atoms with van der Waals surface area (Å²) in [4.78, 5) is 17.7. The van der Waals surface area contributed by atoms with Gasteiger partial charge in [0.2, 0.25) is 5.82 Å². The largest absolute Gasteiger partial charge is 0.326 e. The van der Waals surface area contributed by atoms with Crippen LogP contribution in [0.4, 0.5) is 10.1 Å². The highest BCUT2D eigenvalue weighted by atomic mass is 31.1. The Balaban J connectivity index is 0.000000621. The molecule has 7 nitrogen and oxygen atoms in total. The van der Waals surface area contributed by atoms with Crippen molar-refractivity contribution in [3.63, 3.8) is 0 Å². The molecule has 20 heavy (non-hydrogen) atoms. The van der Waals surface area contributed by atoms with Gasteiger partial charge in [0.05, 0.1) is 11.5 Å². The fourth-order valence-electron chi connectivity index (χ4n) is 1.18. The third-order valence-corrected chi connectivity index (χ3v) is 2.46. The molecule has 2 N–H and O–H groups in total. The molecule has 1 atom stereocenters. The third-order valence-electron chi connectivity index (χ3n) is 2.07. The number of nitrogens with one attached hydrogen (secondary N) is 1. The first-order chi connectivity index (χ1) is 9.42. The summed E-state index contributed by atoms with van der Waals surface area (Å²) in [6.45, 7) is 6.13. The fraction of sp³-hybridized carbons (Fsp3) is 0.455. The Morgan fingerprint density at radius 1 is 1.45 bits per heavy atom. The highest BCUT2D eigenvalue weighted by molar-refractivity contribution is 7.32. The Kier molecular flexibility index (Phi) is 9.75. The van der Waals surface area contributed by atoms with Gasteiger partial charge >= 0.3 is 13.9 Å². The fourth-order valence-corrected chi connectivity index (χ4v) is 1.47. The zero-order valence-corrected chi connectivity index (χ0v) is 12.3. The molecule has 1 rings (SSSR count). The second kappa shape index (κ2) is 10.4. The molecule has 0 fully saturated rings. The lowest BCUT2D eigenvalue weighted by Gasteiger charge is -2.00. The highest BCUT2D eigenvalue weighted by Crippen LogP contribution is 2.22. The van der Waals surface area contributed by atoms with Gasteiger partial charge in [0, 0.05) is 6.07 Å². The van der Waals surface area contributed by atoms with E-state index in [9.17, 15) is 19.1 Å². The van der Waals surface area contributed by atoms with Gasteiger partial charge in [-0.3, -0.25) is 14.7 Å². The molecule has 9 heteroatoms. The van der Waals surface area contributed by atoms with Crippen LogP contribution in [0.15, 0.2) is 18.2 Å². The first kappa shape index (κ1) is 18.7. The molecule has 1 unspecified atom stereocenters. The van der Waals surface area contributed by atoms with Crippen LogP contribution in [0.1, 0.15) is 19.4 Å². The summed E-state index contributed by atoms with van der Waals surface area (Å²) in [5.74, 6) is -1.00. The molecule has 0 saturated carbocycles. The van der Waals surface area contributed by atoms with Crippen LogP contribution in [-0.4, -0.2) is 22.9 Å². The molecule has 0 aromatic heterocycles. The van der Waals surface area contributed by atoms with E-state index < -0.39 is 24.7 Å². The van der Waals surface area contributed by atoms with Crippen LogP contribution in [0.3, 0.4) is 0 Å². The number of benzene rings is 1. The van der Waals surface area contributed by atoms with E-state index in [4.69, 9.17) is 4.89 Å². The maximum absolute atomic E-state index is 13.0. The van der Waals surface area contributed by atoms with Crippen molar-refractivity contribution in [3.8, 4) is 0 Å². The summed E-state index contributed by atoms with van der Waals surface area (Å²) >= 11 is 0. The molecular formula is C11H18FN2O5P. The lowest BCUT2D eigenvalue weighted by molar-refractivity contribution is -0.387. The Morgan fingerprint density at radius 3 is 2.40 bits per heavy atom. The Hall–Kier alpha value is -1.34. The summed E-state index contributed by atoms with van der Waals surface area (Å²) in [7, 11) is -3.08. The summed E-state index contributed by atoms with van der Waals surface area (Å²) in [6, 6.07) is 3.12. The minimum Gasteiger partial charge on any atom is -0.326 e. The van der Waals surface area contributed by atoms with Crippen LogP contribution in [0.25, 0.3) is 0 Å². The zero-order valence-electron chi connectivity index (χ0n) is 11.3. The van der Waals surface area contributed by atoms with Crippen molar-refractivity contribution in [1.29, 1.82) is 0 Å². The molecule has 0 heterocycles. The van der Waals surface area contributed by atoms with E-state index in [2.05, 4.69) is 23.7 Å². The minimum atomic E-state index is -3.08. The average molecular weight is 308 g/mol. The maximum atomic E-state index is 13.0. The van der Waals surface area contributed by atoms with Crippen LogP contribution in [0.5, 0.6) is 0 Å². The third kappa shape index (κ3) is 7.96. The maximum Gasteiger partial charge on any atom is 0.316 e. The van der Waals surface area contributed by atoms with E-state index in [0.717, 1.165) is 25.2 Å². The van der Waals surface area contributed by atoms with Crippen molar-refractivity contribution in [3.05, 3.63) is 39.7 Å². The number of halogens is 1. The van der Waals surface area contributed by atoms with E-state index in [1.54, 1.807) is 0 Å². The standard InChI is InChI=1S/C7H7FNO5P.C4H11N/c8-6-3-5(4-14-15(12)13)1-2-7(6)9(10)11;1-3-5-4-2/h1-3,15H,4H2,(H,12,13);5H,3-4H2,1-2H3. The topological polar surface area (TPSA) is 102 Å². The highest BCUT2D eigenvalue weighted by Gasteiger charge is 2.13. The van der Waals surface area contributed by atoms with Gasteiger partial charge < -0.3 is 14.7 Å². The first-order valence-corrected chi connectivity index (χ1v) is 7.17. The predicted octanol–water partition coefficient (Wildman–Crippen LogP) is 2.25. The molecule has 0 aliphatic heterocycles. The minimum absolute atomic E-state index is 0.255. The summed E-state index contributed by atoms with van der Waals surface area (Å²) < 4.78 is 27.5. The lowest BCUT2D eigenvalue weighted by atomic mass is 10.2. The van der Waals surface area contributed by atoms with Crippen molar-refractivity contribution in [1.82, 2.24) is 5.32 Å². The molecule has 0 radical (unpaired) electrons. The Morgan fingerprint density at radius 2 is 2.05 bits per heavy atom. The van der Waals surface area contributed by atoms with E-state index in [0.29, 0.717) is 0 Å². The predicted molar refractivity (Wildman–Crippen MR) is 73.3 cm³/mol. The van der Waals surface area contributed by atoms with Gasteiger partial charge in [-0.25, -0.2) is 0 Å². The smallest absolute Gasteiger partial charge is 0.316 e. The number of nitro benzene ring substituents is 1. The molecule has 1 aromatic carbocycles. The van der Waals surface area contributed by atoms with E-state index in [-0.39, 0.29) is 12.2 Å². The summed E-state index contributed by atoms with van der Waals surface area (Å²) in [6.07, 6.45) is 0. The monoisotopic (exact) mass is 308 g/mol. The Labute approximate surface area is 116 Å². The molecule has 0 aliphatic rings. The van der Waals surface area contributed by atoms with Crippen LogP contribution in [0, 0.1) is 15.9 Å². The van der Waals surface area contributed by atoms with Crippen molar-refractivity contribution in [2.75, 3.05) is 13.1 Å².